The Balaban J connectivity index is 1.80. The molecule has 0 radical (unpaired) electrons. The first-order valence-electron chi connectivity index (χ1n) is 9.24. The number of nitrogens with zero attached hydrogens (tertiary/aromatic N) is 1. The lowest BCUT2D eigenvalue weighted by Crippen LogP contribution is -2.42. The SMILES string of the molecule is CC(C)NC(=O)C1CN(S(=O)(=O)Cc2ccc(F)cc2)CC12CCCC2. The van der Waals surface area contributed by atoms with Gasteiger partial charge in [0.2, 0.25) is 15.9 Å². The van der Waals surface area contributed by atoms with Crippen molar-refractivity contribution in [2.45, 2.75) is 51.3 Å². The van der Waals surface area contributed by atoms with Gasteiger partial charge in [0, 0.05) is 19.1 Å². The van der Waals surface area contributed by atoms with Gasteiger partial charge in [-0.05, 0) is 49.8 Å². The average molecular weight is 383 g/mol. The largest absolute Gasteiger partial charge is 0.354 e. The average Bonchev–Trinajstić information content (AvgIpc) is 3.17. The van der Waals surface area contributed by atoms with Crippen LogP contribution in [-0.4, -0.2) is 37.8 Å². The van der Waals surface area contributed by atoms with E-state index in [1.807, 2.05) is 13.8 Å². The molecule has 26 heavy (non-hydrogen) atoms. The molecule has 1 spiro atoms. The second kappa shape index (κ2) is 7.27. The summed E-state index contributed by atoms with van der Waals surface area (Å²) in [5, 5.41) is 2.96. The summed E-state index contributed by atoms with van der Waals surface area (Å²) in [6.07, 6.45) is 3.87. The lowest BCUT2D eigenvalue weighted by Gasteiger charge is -2.29. The van der Waals surface area contributed by atoms with Crippen LogP contribution in [0.2, 0.25) is 0 Å². The molecule has 5 nitrogen and oxygen atoms in total. The lowest BCUT2D eigenvalue weighted by atomic mass is 9.76. The molecule has 1 atom stereocenters. The number of sulfonamides is 1. The molecule has 1 aromatic rings. The maximum atomic E-state index is 13.1. The van der Waals surface area contributed by atoms with Crippen LogP contribution in [0.3, 0.4) is 0 Å². The van der Waals surface area contributed by atoms with E-state index in [1.165, 1.54) is 28.6 Å². The normalized spacial score (nSPS) is 23.0. The molecule has 1 saturated carbocycles. The van der Waals surface area contributed by atoms with Crippen LogP contribution in [0.4, 0.5) is 4.39 Å². The van der Waals surface area contributed by atoms with Crippen molar-refractivity contribution in [3.63, 3.8) is 0 Å². The van der Waals surface area contributed by atoms with Crippen molar-refractivity contribution in [2.24, 2.45) is 11.3 Å². The molecule has 1 amide bonds. The first kappa shape index (κ1) is 19.3. The van der Waals surface area contributed by atoms with E-state index in [9.17, 15) is 17.6 Å². The smallest absolute Gasteiger partial charge is 0.225 e. The minimum absolute atomic E-state index is 0.0332. The molecule has 1 heterocycles. The highest BCUT2D eigenvalue weighted by Crippen LogP contribution is 2.50. The monoisotopic (exact) mass is 382 g/mol. The molecule has 2 aliphatic rings. The highest BCUT2D eigenvalue weighted by molar-refractivity contribution is 7.88. The van der Waals surface area contributed by atoms with Gasteiger partial charge in [-0.25, -0.2) is 17.1 Å². The number of amides is 1. The van der Waals surface area contributed by atoms with Gasteiger partial charge in [0.25, 0.3) is 0 Å². The number of nitrogens with one attached hydrogen (secondary N) is 1. The Bertz CT molecular complexity index is 755. The number of halogens is 1. The van der Waals surface area contributed by atoms with Crippen LogP contribution in [0.15, 0.2) is 24.3 Å². The number of hydrogen-bond acceptors (Lipinski definition) is 3. The van der Waals surface area contributed by atoms with Crippen LogP contribution in [0.1, 0.15) is 45.1 Å². The fourth-order valence-corrected chi connectivity index (χ4v) is 5.98. The molecule has 1 N–H and O–H groups in total. The van der Waals surface area contributed by atoms with Crippen LogP contribution in [0.25, 0.3) is 0 Å². The summed E-state index contributed by atoms with van der Waals surface area (Å²) in [7, 11) is -3.55. The molecule has 0 bridgehead atoms. The van der Waals surface area contributed by atoms with Crippen molar-refractivity contribution in [3.8, 4) is 0 Å². The van der Waals surface area contributed by atoms with E-state index < -0.39 is 10.0 Å². The van der Waals surface area contributed by atoms with E-state index in [4.69, 9.17) is 0 Å². The van der Waals surface area contributed by atoms with Crippen molar-refractivity contribution >= 4 is 15.9 Å². The van der Waals surface area contributed by atoms with Crippen LogP contribution in [0.5, 0.6) is 0 Å². The number of benzene rings is 1. The lowest BCUT2D eigenvalue weighted by molar-refractivity contribution is -0.128. The zero-order valence-electron chi connectivity index (χ0n) is 15.4. The van der Waals surface area contributed by atoms with Gasteiger partial charge in [0.1, 0.15) is 5.82 Å². The topological polar surface area (TPSA) is 66.5 Å². The van der Waals surface area contributed by atoms with Gasteiger partial charge in [0.15, 0.2) is 0 Å². The molecule has 7 heteroatoms. The van der Waals surface area contributed by atoms with Gasteiger partial charge in [-0.15, -0.1) is 0 Å². The van der Waals surface area contributed by atoms with Crippen molar-refractivity contribution in [1.29, 1.82) is 0 Å². The predicted octanol–water partition coefficient (Wildman–Crippen LogP) is 2.67. The second-order valence-corrected chi connectivity index (χ2v) is 9.93. The summed E-state index contributed by atoms with van der Waals surface area (Å²) in [6.45, 7) is 4.48. The van der Waals surface area contributed by atoms with Crippen molar-refractivity contribution < 1.29 is 17.6 Å². The molecule has 3 rings (SSSR count). The predicted molar refractivity (Wildman–Crippen MR) is 98.3 cm³/mol. The highest BCUT2D eigenvalue weighted by Gasteiger charge is 2.53. The molecular formula is C19H27FN2O3S. The first-order chi connectivity index (χ1) is 12.2. The van der Waals surface area contributed by atoms with Crippen LogP contribution < -0.4 is 5.32 Å². The molecule has 144 valence electrons. The van der Waals surface area contributed by atoms with Crippen molar-refractivity contribution in [3.05, 3.63) is 35.6 Å². The van der Waals surface area contributed by atoms with Crippen molar-refractivity contribution in [1.82, 2.24) is 9.62 Å². The van der Waals surface area contributed by atoms with E-state index in [1.54, 1.807) is 0 Å². The van der Waals surface area contributed by atoms with Gasteiger partial charge in [-0.3, -0.25) is 4.79 Å². The number of carbonyl (C=O) groups is 1. The fraction of sp³-hybridized carbons (Fsp3) is 0.632. The van der Waals surface area contributed by atoms with Crippen LogP contribution in [0, 0.1) is 17.2 Å². The summed E-state index contributed by atoms with van der Waals surface area (Å²) >= 11 is 0. The Morgan fingerprint density at radius 1 is 1.27 bits per heavy atom. The molecule has 1 unspecified atom stereocenters. The number of hydrogen-bond donors (Lipinski definition) is 1. The Morgan fingerprint density at radius 2 is 1.88 bits per heavy atom. The van der Waals surface area contributed by atoms with E-state index in [0.717, 1.165) is 25.7 Å². The quantitative estimate of drug-likeness (QED) is 0.851. The van der Waals surface area contributed by atoms with Gasteiger partial charge in [-0.1, -0.05) is 25.0 Å². The van der Waals surface area contributed by atoms with Gasteiger partial charge in [-0.2, -0.15) is 0 Å². The van der Waals surface area contributed by atoms with Crippen molar-refractivity contribution in [2.75, 3.05) is 13.1 Å². The zero-order chi connectivity index (χ0) is 18.9. The second-order valence-electron chi connectivity index (χ2n) is 7.96. The molecule has 1 aromatic carbocycles. The third-order valence-electron chi connectivity index (χ3n) is 5.62. The summed E-state index contributed by atoms with van der Waals surface area (Å²) < 4.78 is 40.4. The van der Waals surface area contributed by atoms with Gasteiger partial charge < -0.3 is 5.32 Å². The Hall–Kier alpha value is -1.47. The third-order valence-corrected chi connectivity index (χ3v) is 7.38. The summed E-state index contributed by atoms with van der Waals surface area (Å²) in [4.78, 5) is 12.7. The Labute approximate surface area is 155 Å². The standard InChI is InChI=1S/C19H27FN2O3S/c1-14(2)21-18(23)17-11-22(13-19(17)9-3-4-10-19)26(24,25)12-15-5-7-16(20)8-6-15/h5-8,14,17H,3-4,9-13H2,1-2H3,(H,21,23). The Morgan fingerprint density at radius 3 is 2.46 bits per heavy atom. The molecule has 2 fully saturated rings. The summed E-state index contributed by atoms with van der Waals surface area (Å²) in [5.74, 6) is -0.888. The van der Waals surface area contributed by atoms with E-state index in [0.29, 0.717) is 12.1 Å². The van der Waals surface area contributed by atoms with Gasteiger partial charge >= 0.3 is 0 Å². The minimum atomic E-state index is -3.55. The molecule has 0 aromatic heterocycles. The summed E-state index contributed by atoms with van der Waals surface area (Å²) in [6, 6.07) is 5.57. The first-order valence-corrected chi connectivity index (χ1v) is 10.9. The number of rotatable bonds is 5. The molecule has 1 aliphatic carbocycles. The highest BCUT2D eigenvalue weighted by atomic mass is 32.2. The van der Waals surface area contributed by atoms with E-state index in [-0.39, 0.29) is 41.4 Å². The van der Waals surface area contributed by atoms with Gasteiger partial charge in [0.05, 0.1) is 11.7 Å². The summed E-state index contributed by atoms with van der Waals surface area (Å²) in [5.41, 5.74) is 0.316. The van der Waals surface area contributed by atoms with Crippen LogP contribution >= 0.6 is 0 Å². The Kier molecular flexibility index (Phi) is 5.40. The molecule has 1 aliphatic heterocycles. The zero-order valence-corrected chi connectivity index (χ0v) is 16.2. The van der Waals surface area contributed by atoms with Crippen LogP contribution in [-0.2, 0) is 20.6 Å². The van der Waals surface area contributed by atoms with E-state index >= 15 is 0 Å². The minimum Gasteiger partial charge on any atom is -0.354 e. The maximum Gasteiger partial charge on any atom is 0.225 e. The fourth-order valence-electron chi connectivity index (χ4n) is 4.35. The number of carbonyl (C=O) groups excluding carboxylic acids is 1. The molecule has 1 saturated heterocycles. The van der Waals surface area contributed by atoms with E-state index in [2.05, 4.69) is 5.32 Å². The molecular weight excluding hydrogens is 355 g/mol. The maximum absolute atomic E-state index is 13.1. The third kappa shape index (κ3) is 3.93.